The van der Waals surface area contributed by atoms with Crippen LogP contribution in [0.15, 0.2) is 72.8 Å². The number of carbonyl (C=O) groups excluding carboxylic acids is 2. The quantitative estimate of drug-likeness (QED) is 0.542. The minimum atomic E-state index is -0.266. The second-order valence-corrected chi connectivity index (χ2v) is 6.88. The van der Waals surface area contributed by atoms with E-state index in [0.29, 0.717) is 30.2 Å². The molecule has 3 aromatic rings. The Labute approximate surface area is 176 Å². The first kappa shape index (κ1) is 21.1. The zero-order valence-corrected chi connectivity index (χ0v) is 17.2. The third kappa shape index (κ3) is 5.95. The second-order valence-electron chi connectivity index (χ2n) is 6.88. The van der Waals surface area contributed by atoms with Gasteiger partial charge in [-0.25, -0.2) is 0 Å². The molecule has 1 amide bonds. The lowest BCUT2D eigenvalue weighted by molar-refractivity contribution is -0.142. The van der Waals surface area contributed by atoms with Gasteiger partial charge < -0.3 is 14.8 Å². The van der Waals surface area contributed by atoms with E-state index in [1.165, 1.54) is 0 Å². The van der Waals surface area contributed by atoms with Crippen LogP contribution in [0.4, 0.5) is 5.69 Å². The van der Waals surface area contributed by atoms with Crippen molar-refractivity contribution in [2.45, 2.75) is 26.9 Å². The summed E-state index contributed by atoms with van der Waals surface area (Å²) in [6.07, 6.45) is 0.210. The highest BCUT2D eigenvalue weighted by atomic mass is 16.5. The highest BCUT2D eigenvalue weighted by molar-refractivity contribution is 6.05. The molecule has 0 heterocycles. The van der Waals surface area contributed by atoms with Gasteiger partial charge in [-0.05, 0) is 54.8 Å². The molecule has 0 saturated carbocycles. The van der Waals surface area contributed by atoms with Crippen LogP contribution in [0, 0.1) is 6.92 Å². The van der Waals surface area contributed by atoms with Crippen molar-refractivity contribution in [1.29, 1.82) is 0 Å². The van der Waals surface area contributed by atoms with Gasteiger partial charge in [-0.3, -0.25) is 9.59 Å². The van der Waals surface area contributed by atoms with Gasteiger partial charge in [0.25, 0.3) is 5.91 Å². The van der Waals surface area contributed by atoms with Crippen LogP contribution in [0.5, 0.6) is 5.75 Å². The Hall–Kier alpha value is -3.60. The molecule has 5 heteroatoms. The van der Waals surface area contributed by atoms with Gasteiger partial charge in [0.1, 0.15) is 12.4 Å². The van der Waals surface area contributed by atoms with Crippen molar-refractivity contribution < 1.29 is 19.1 Å². The summed E-state index contributed by atoms with van der Waals surface area (Å²) in [7, 11) is 0. The fourth-order valence-corrected chi connectivity index (χ4v) is 2.96. The first-order chi connectivity index (χ1) is 14.5. The second kappa shape index (κ2) is 10.3. The van der Waals surface area contributed by atoms with E-state index in [1.54, 1.807) is 37.3 Å². The Kier molecular flexibility index (Phi) is 7.22. The molecular weight excluding hydrogens is 378 g/mol. The number of carbonyl (C=O) groups is 2. The largest absolute Gasteiger partial charge is 0.489 e. The van der Waals surface area contributed by atoms with Gasteiger partial charge in [0.15, 0.2) is 0 Å². The third-order valence-corrected chi connectivity index (χ3v) is 4.57. The minimum Gasteiger partial charge on any atom is -0.489 e. The van der Waals surface area contributed by atoms with Crippen molar-refractivity contribution in [1.82, 2.24) is 0 Å². The molecule has 0 radical (unpaired) electrons. The number of esters is 1. The van der Waals surface area contributed by atoms with Crippen molar-refractivity contribution in [3.8, 4) is 5.75 Å². The fraction of sp³-hybridized carbons (Fsp3) is 0.200. The lowest BCUT2D eigenvalue weighted by Crippen LogP contribution is -2.14. The van der Waals surface area contributed by atoms with Gasteiger partial charge in [-0.1, -0.05) is 48.5 Å². The number of ether oxygens (including phenoxy) is 2. The van der Waals surface area contributed by atoms with E-state index in [1.807, 2.05) is 49.4 Å². The highest BCUT2D eigenvalue weighted by Gasteiger charge is 2.12. The number of rotatable bonds is 8. The average molecular weight is 403 g/mol. The molecule has 0 aliphatic rings. The van der Waals surface area contributed by atoms with Gasteiger partial charge in [0, 0.05) is 11.3 Å². The van der Waals surface area contributed by atoms with Crippen LogP contribution in [-0.4, -0.2) is 18.5 Å². The summed E-state index contributed by atoms with van der Waals surface area (Å²) in [6.45, 7) is 4.46. The van der Waals surface area contributed by atoms with Gasteiger partial charge in [0.2, 0.25) is 0 Å². The molecule has 0 aliphatic carbocycles. The summed E-state index contributed by atoms with van der Waals surface area (Å²) in [5.41, 5.74) is 3.96. The topological polar surface area (TPSA) is 64.6 Å². The molecular formula is C25H25NO4. The Morgan fingerprint density at radius 2 is 1.63 bits per heavy atom. The van der Waals surface area contributed by atoms with E-state index in [-0.39, 0.29) is 18.3 Å². The lowest BCUT2D eigenvalue weighted by atomic mass is 10.1. The van der Waals surface area contributed by atoms with Crippen molar-refractivity contribution in [3.63, 3.8) is 0 Å². The number of amides is 1. The minimum absolute atomic E-state index is 0.210. The molecule has 0 saturated heterocycles. The molecule has 5 nitrogen and oxygen atoms in total. The molecule has 1 N–H and O–H groups in total. The maximum Gasteiger partial charge on any atom is 0.310 e. The molecule has 0 spiro atoms. The Bertz CT molecular complexity index is 997. The monoisotopic (exact) mass is 403 g/mol. The maximum atomic E-state index is 12.8. The third-order valence-electron chi connectivity index (χ3n) is 4.57. The Morgan fingerprint density at radius 3 is 2.33 bits per heavy atom. The number of anilines is 1. The summed E-state index contributed by atoms with van der Waals surface area (Å²) < 4.78 is 10.8. The predicted octanol–water partition coefficient (Wildman–Crippen LogP) is 4.93. The van der Waals surface area contributed by atoms with Crippen molar-refractivity contribution >= 4 is 17.6 Å². The van der Waals surface area contributed by atoms with Gasteiger partial charge in [0.05, 0.1) is 13.0 Å². The number of nitrogens with one attached hydrogen (secondary N) is 1. The predicted molar refractivity (Wildman–Crippen MR) is 117 cm³/mol. The summed E-state index contributed by atoms with van der Waals surface area (Å²) in [5.74, 6) is 0.160. The van der Waals surface area contributed by atoms with Crippen molar-refractivity contribution in [2.75, 3.05) is 11.9 Å². The molecule has 0 fully saturated rings. The number of hydrogen-bond acceptors (Lipinski definition) is 4. The molecule has 30 heavy (non-hydrogen) atoms. The van der Waals surface area contributed by atoms with E-state index < -0.39 is 0 Å². The van der Waals surface area contributed by atoms with Crippen LogP contribution in [0.2, 0.25) is 0 Å². The molecule has 0 unspecified atom stereocenters. The molecule has 154 valence electrons. The van der Waals surface area contributed by atoms with Gasteiger partial charge >= 0.3 is 5.97 Å². The molecule has 3 rings (SSSR count). The molecule has 0 aromatic heterocycles. The Balaban J connectivity index is 1.63. The molecule has 0 bridgehead atoms. The average Bonchev–Trinajstić information content (AvgIpc) is 2.75. The van der Waals surface area contributed by atoms with E-state index in [4.69, 9.17) is 9.47 Å². The number of aryl methyl sites for hydroxylation is 1. The molecule has 0 atom stereocenters. The van der Waals surface area contributed by atoms with E-state index in [9.17, 15) is 9.59 Å². The van der Waals surface area contributed by atoms with Crippen LogP contribution in [-0.2, 0) is 22.6 Å². The van der Waals surface area contributed by atoms with Crippen LogP contribution in [0.3, 0.4) is 0 Å². The van der Waals surface area contributed by atoms with E-state index in [2.05, 4.69) is 5.32 Å². The van der Waals surface area contributed by atoms with Crippen LogP contribution >= 0.6 is 0 Å². The summed E-state index contributed by atoms with van der Waals surface area (Å²) in [5, 5.41) is 2.90. The number of benzene rings is 3. The summed E-state index contributed by atoms with van der Waals surface area (Å²) in [6, 6.07) is 22.5. The normalized spacial score (nSPS) is 10.3. The van der Waals surface area contributed by atoms with Crippen LogP contribution in [0.25, 0.3) is 0 Å². The SMILES string of the molecule is CCOC(=O)Cc1ccc(NC(=O)c2cc(OCc3ccccc3)ccc2C)cc1. The smallest absolute Gasteiger partial charge is 0.310 e. The number of hydrogen-bond donors (Lipinski definition) is 1. The fourth-order valence-electron chi connectivity index (χ4n) is 2.96. The molecule has 3 aromatic carbocycles. The highest BCUT2D eigenvalue weighted by Crippen LogP contribution is 2.20. The standard InChI is InChI=1S/C25H25NO4/c1-3-29-24(27)15-19-10-12-21(13-11-19)26-25(28)23-16-22(14-9-18(23)2)30-17-20-7-5-4-6-8-20/h4-14,16H,3,15,17H2,1-2H3,(H,26,28). The first-order valence-corrected chi connectivity index (χ1v) is 9.88. The van der Waals surface area contributed by atoms with E-state index in [0.717, 1.165) is 16.7 Å². The van der Waals surface area contributed by atoms with E-state index >= 15 is 0 Å². The molecule has 0 aliphatic heterocycles. The zero-order chi connectivity index (χ0) is 21.3. The first-order valence-electron chi connectivity index (χ1n) is 9.88. The Morgan fingerprint density at radius 1 is 0.900 bits per heavy atom. The van der Waals surface area contributed by atoms with Crippen molar-refractivity contribution in [3.05, 3.63) is 95.1 Å². The van der Waals surface area contributed by atoms with Crippen molar-refractivity contribution in [2.24, 2.45) is 0 Å². The maximum absolute atomic E-state index is 12.8. The van der Waals surface area contributed by atoms with Crippen LogP contribution < -0.4 is 10.1 Å². The summed E-state index contributed by atoms with van der Waals surface area (Å²) in [4.78, 5) is 24.3. The van der Waals surface area contributed by atoms with Crippen LogP contribution in [0.1, 0.15) is 34.0 Å². The summed E-state index contributed by atoms with van der Waals surface area (Å²) >= 11 is 0. The van der Waals surface area contributed by atoms with Gasteiger partial charge in [-0.2, -0.15) is 0 Å². The zero-order valence-electron chi connectivity index (χ0n) is 17.2. The van der Waals surface area contributed by atoms with Gasteiger partial charge in [-0.15, -0.1) is 0 Å². The lowest BCUT2D eigenvalue weighted by Gasteiger charge is -2.12.